The maximum atomic E-state index is 3.55. The molecule has 1 heteroatoms. The van der Waals surface area contributed by atoms with Gasteiger partial charge >= 0.3 is 0 Å². The molecule has 1 nitrogen and oxygen atoms in total. The Hall–Kier alpha value is -0.980. The Morgan fingerprint density at radius 2 is 1.26 bits per heavy atom. The molecule has 0 unspecified atom stereocenters. The molecule has 0 aromatic heterocycles. The SMILES string of the molecule is CCCCCCC(CCCCCC)CCCNc1ccccc1. The van der Waals surface area contributed by atoms with Crippen LogP contribution in [0.1, 0.15) is 90.9 Å². The zero-order chi connectivity index (χ0) is 16.6. The maximum absolute atomic E-state index is 3.55. The Morgan fingerprint density at radius 1 is 0.696 bits per heavy atom. The van der Waals surface area contributed by atoms with Crippen molar-refractivity contribution in [3.63, 3.8) is 0 Å². The molecular formula is C22H39N. The molecule has 1 N–H and O–H groups in total. The minimum Gasteiger partial charge on any atom is -0.385 e. The van der Waals surface area contributed by atoms with Gasteiger partial charge in [-0.1, -0.05) is 96.3 Å². The average Bonchev–Trinajstić information content (AvgIpc) is 2.59. The summed E-state index contributed by atoms with van der Waals surface area (Å²) >= 11 is 0. The Morgan fingerprint density at radius 3 is 1.83 bits per heavy atom. The number of hydrogen-bond acceptors (Lipinski definition) is 1. The highest BCUT2D eigenvalue weighted by Crippen LogP contribution is 2.23. The normalized spacial score (nSPS) is 11.1. The van der Waals surface area contributed by atoms with Gasteiger partial charge in [0.05, 0.1) is 0 Å². The van der Waals surface area contributed by atoms with Crippen LogP contribution in [-0.2, 0) is 0 Å². The predicted molar refractivity (Wildman–Crippen MR) is 105 cm³/mol. The van der Waals surface area contributed by atoms with Gasteiger partial charge in [-0.15, -0.1) is 0 Å². The highest BCUT2D eigenvalue weighted by atomic mass is 14.9. The first-order valence-corrected chi connectivity index (χ1v) is 10.2. The van der Waals surface area contributed by atoms with Gasteiger partial charge in [0.1, 0.15) is 0 Å². The average molecular weight is 318 g/mol. The molecule has 0 heterocycles. The maximum Gasteiger partial charge on any atom is 0.0340 e. The number of hydrogen-bond donors (Lipinski definition) is 1. The molecule has 0 saturated carbocycles. The molecule has 132 valence electrons. The van der Waals surface area contributed by atoms with Crippen molar-refractivity contribution >= 4 is 5.69 Å². The molecule has 0 aliphatic carbocycles. The van der Waals surface area contributed by atoms with E-state index in [2.05, 4.69) is 49.5 Å². The van der Waals surface area contributed by atoms with Crippen LogP contribution in [0.15, 0.2) is 30.3 Å². The molecule has 1 rings (SSSR count). The second kappa shape index (κ2) is 14.6. The van der Waals surface area contributed by atoms with Crippen LogP contribution in [0, 0.1) is 5.92 Å². The molecular weight excluding hydrogens is 278 g/mol. The summed E-state index contributed by atoms with van der Waals surface area (Å²) in [4.78, 5) is 0. The quantitative estimate of drug-likeness (QED) is 0.331. The lowest BCUT2D eigenvalue weighted by atomic mass is 9.90. The molecule has 0 spiro atoms. The topological polar surface area (TPSA) is 12.0 Å². The van der Waals surface area contributed by atoms with E-state index in [9.17, 15) is 0 Å². The fraction of sp³-hybridized carbons (Fsp3) is 0.727. The second-order valence-electron chi connectivity index (χ2n) is 7.00. The predicted octanol–water partition coefficient (Wildman–Crippen LogP) is 7.44. The summed E-state index contributed by atoms with van der Waals surface area (Å²) < 4.78 is 0. The van der Waals surface area contributed by atoms with Gasteiger partial charge in [-0.05, 0) is 30.9 Å². The summed E-state index contributed by atoms with van der Waals surface area (Å²) in [5.74, 6) is 0.960. The third kappa shape index (κ3) is 11.2. The van der Waals surface area contributed by atoms with Gasteiger partial charge in [0.25, 0.3) is 0 Å². The first-order valence-electron chi connectivity index (χ1n) is 10.2. The van der Waals surface area contributed by atoms with Gasteiger partial charge in [-0.2, -0.15) is 0 Å². The van der Waals surface area contributed by atoms with Crippen LogP contribution in [0.25, 0.3) is 0 Å². The molecule has 0 aliphatic rings. The van der Waals surface area contributed by atoms with E-state index in [-0.39, 0.29) is 0 Å². The van der Waals surface area contributed by atoms with E-state index in [4.69, 9.17) is 0 Å². The second-order valence-corrected chi connectivity index (χ2v) is 7.00. The highest BCUT2D eigenvalue weighted by molar-refractivity contribution is 5.42. The lowest BCUT2D eigenvalue weighted by molar-refractivity contribution is 0.377. The van der Waals surface area contributed by atoms with Crippen LogP contribution < -0.4 is 5.32 Å². The Labute approximate surface area is 145 Å². The van der Waals surface area contributed by atoms with Crippen molar-refractivity contribution in [2.24, 2.45) is 5.92 Å². The molecule has 0 fully saturated rings. The molecule has 0 aliphatic heterocycles. The number of nitrogens with one attached hydrogen (secondary N) is 1. The van der Waals surface area contributed by atoms with Gasteiger partial charge in [-0.25, -0.2) is 0 Å². The molecule has 0 saturated heterocycles. The number of rotatable bonds is 15. The number of unbranched alkanes of at least 4 members (excludes halogenated alkanes) is 6. The largest absolute Gasteiger partial charge is 0.385 e. The summed E-state index contributed by atoms with van der Waals surface area (Å²) in [6.45, 7) is 5.72. The monoisotopic (exact) mass is 317 g/mol. The first-order chi connectivity index (χ1) is 11.4. The molecule has 1 aromatic rings. The van der Waals surface area contributed by atoms with Crippen LogP contribution in [0.2, 0.25) is 0 Å². The Bertz CT molecular complexity index is 334. The van der Waals surface area contributed by atoms with Crippen molar-refractivity contribution in [2.75, 3.05) is 11.9 Å². The van der Waals surface area contributed by atoms with Crippen molar-refractivity contribution in [1.29, 1.82) is 0 Å². The van der Waals surface area contributed by atoms with Crippen LogP contribution in [0.3, 0.4) is 0 Å². The highest BCUT2D eigenvalue weighted by Gasteiger charge is 2.08. The van der Waals surface area contributed by atoms with Crippen molar-refractivity contribution < 1.29 is 0 Å². The first kappa shape index (κ1) is 20.1. The molecule has 0 bridgehead atoms. The molecule has 1 aromatic carbocycles. The standard InChI is InChI=1S/C22H39N/c1-3-5-7-10-15-21(16-11-8-6-4-2)17-14-20-23-22-18-12-9-13-19-22/h9,12-13,18-19,21,23H,3-8,10-11,14-17,20H2,1-2H3. The third-order valence-electron chi connectivity index (χ3n) is 4.82. The smallest absolute Gasteiger partial charge is 0.0340 e. The summed E-state index contributed by atoms with van der Waals surface area (Å²) in [5.41, 5.74) is 1.26. The van der Waals surface area contributed by atoms with Gasteiger partial charge in [0.15, 0.2) is 0 Å². The minimum atomic E-state index is 0.960. The molecule has 23 heavy (non-hydrogen) atoms. The van der Waals surface area contributed by atoms with E-state index in [0.29, 0.717) is 0 Å². The van der Waals surface area contributed by atoms with Crippen molar-refractivity contribution in [3.05, 3.63) is 30.3 Å². The van der Waals surface area contributed by atoms with Crippen LogP contribution in [-0.4, -0.2) is 6.54 Å². The zero-order valence-corrected chi connectivity index (χ0v) is 15.7. The number of anilines is 1. The zero-order valence-electron chi connectivity index (χ0n) is 15.7. The Kier molecular flexibility index (Phi) is 12.7. The van der Waals surface area contributed by atoms with E-state index in [0.717, 1.165) is 12.5 Å². The van der Waals surface area contributed by atoms with E-state index in [1.165, 1.54) is 82.7 Å². The molecule has 0 atom stereocenters. The fourth-order valence-corrected chi connectivity index (χ4v) is 3.33. The molecule has 0 amide bonds. The van der Waals surface area contributed by atoms with E-state index >= 15 is 0 Å². The van der Waals surface area contributed by atoms with Crippen LogP contribution >= 0.6 is 0 Å². The summed E-state index contributed by atoms with van der Waals surface area (Å²) in [5, 5.41) is 3.55. The van der Waals surface area contributed by atoms with Crippen molar-refractivity contribution in [1.82, 2.24) is 0 Å². The van der Waals surface area contributed by atoms with E-state index in [1.54, 1.807) is 0 Å². The summed E-state index contributed by atoms with van der Waals surface area (Å²) in [7, 11) is 0. The lowest BCUT2D eigenvalue weighted by Crippen LogP contribution is -2.07. The van der Waals surface area contributed by atoms with Gasteiger partial charge in [0, 0.05) is 12.2 Å². The van der Waals surface area contributed by atoms with Crippen molar-refractivity contribution in [2.45, 2.75) is 90.9 Å². The Balaban J connectivity index is 2.18. The van der Waals surface area contributed by atoms with Crippen molar-refractivity contribution in [3.8, 4) is 0 Å². The van der Waals surface area contributed by atoms with E-state index < -0.39 is 0 Å². The van der Waals surface area contributed by atoms with E-state index in [1.807, 2.05) is 0 Å². The number of para-hydroxylation sites is 1. The van der Waals surface area contributed by atoms with Gasteiger partial charge in [0.2, 0.25) is 0 Å². The third-order valence-corrected chi connectivity index (χ3v) is 4.82. The van der Waals surface area contributed by atoms with Gasteiger partial charge < -0.3 is 5.32 Å². The van der Waals surface area contributed by atoms with Gasteiger partial charge in [-0.3, -0.25) is 0 Å². The fourth-order valence-electron chi connectivity index (χ4n) is 3.33. The minimum absolute atomic E-state index is 0.960. The molecule has 0 radical (unpaired) electrons. The van der Waals surface area contributed by atoms with Crippen LogP contribution in [0.4, 0.5) is 5.69 Å². The summed E-state index contributed by atoms with van der Waals surface area (Å²) in [6, 6.07) is 10.6. The summed E-state index contributed by atoms with van der Waals surface area (Å²) in [6.07, 6.45) is 16.9. The number of benzene rings is 1. The lowest BCUT2D eigenvalue weighted by Gasteiger charge is -2.17. The van der Waals surface area contributed by atoms with Crippen LogP contribution in [0.5, 0.6) is 0 Å².